The normalized spacial score (nSPS) is 14.8. The average molecular weight is 297 g/mol. The smallest absolute Gasteiger partial charge is 0.145 e. The minimum atomic E-state index is 0.319. The molecule has 1 aliphatic rings. The molecule has 19 heavy (non-hydrogen) atoms. The summed E-state index contributed by atoms with van der Waals surface area (Å²) in [4.78, 5) is 3.86. The second kappa shape index (κ2) is 6.85. The molecule has 1 heterocycles. The fourth-order valence-electron chi connectivity index (χ4n) is 2.14. The second-order valence-electron chi connectivity index (χ2n) is 4.57. The Morgan fingerprint density at radius 1 is 1.37 bits per heavy atom. The summed E-state index contributed by atoms with van der Waals surface area (Å²) in [7, 11) is 0. The molecule has 0 radical (unpaired) electrons. The summed E-state index contributed by atoms with van der Waals surface area (Å²) < 4.78 is 0. The van der Waals surface area contributed by atoms with Gasteiger partial charge in [-0.3, -0.25) is 0 Å². The van der Waals surface area contributed by atoms with Gasteiger partial charge >= 0.3 is 6.34 Å². The van der Waals surface area contributed by atoms with Crippen LogP contribution < -0.4 is 0 Å². The Morgan fingerprint density at radius 2 is 2.21 bits per heavy atom. The van der Waals surface area contributed by atoms with E-state index in [2.05, 4.69) is 23.4 Å². The lowest BCUT2D eigenvalue weighted by molar-refractivity contribution is 0.403. The van der Waals surface area contributed by atoms with Crippen molar-refractivity contribution in [2.45, 2.75) is 32.1 Å². The zero-order valence-corrected chi connectivity index (χ0v) is 12.3. The van der Waals surface area contributed by atoms with Gasteiger partial charge in [0.15, 0.2) is 0 Å². The minimum Gasteiger partial charge on any atom is -0.145 e. The van der Waals surface area contributed by atoms with Crippen LogP contribution in [0.3, 0.4) is 0 Å². The lowest BCUT2D eigenvalue weighted by atomic mass is 9.93. The first-order valence-corrected chi connectivity index (χ1v) is 7.16. The van der Waals surface area contributed by atoms with Crippen molar-refractivity contribution in [1.82, 2.24) is 5.01 Å². The van der Waals surface area contributed by atoms with Gasteiger partial charge < -0.3 is 0 Å². The topological polar surface area (TPSA) is 28.0 Å². The van der Waals surface area contributed by atoms with Crippen LogP contribution in [0.25, 0.3) is 0 Å². The molecule has 1 unspecified atom stereocenters. The third kappa shape index (κ3) is 3.90. The van der Waals surface area contributed by atoms with E-state index in [4.69, 9.17) is 23.2 Å². The van der Waals surface area contributed by atoms with Gasteiger partial charge in [0, 0.05) is 26.1 Å². The summed E-state index contributed by atoms with van der Waals surface area (Å²) in [6, 6.07) is 5.69. The van der Waals surface area contributed by atoms with Crippen molar-refractivity contribution in [3.63, 3.8) is 0 Å². The molecule has 1 aromatic carbocycles. The van der Waals surface area contributed by atoms with E-state index >= 15 is 0 Å². The number of halogens is 2. The molecule has 1 aliphatic heterocycles. The lowest BCUT2D eigenvalue weighted by Crippen LogP contribution is -2.21. The Balaban J connectivity index is 2.15. The van der Waals surface area contributed by atoms with Gasteiger partial charge in [0.2, 0.25) is 0 Å². The Labute approximate surface area is 123 Å². The van der Waals surface area contributed by atoms with E-state index in [0.29, 0.717) is 10.9 Å². The van der Waals surface area contributed by atoms with Crippen LogP contribution in [0.1, 0.15) is 37.7 Å². The lowest BCUT2D eigenvalue weighted by Gasteiger charge is -2.19. The first-order chi connectivity index (χ1) is 9.20. The first kappa shape index (κ1) is 14.3. The summed E-state index contributed by atoms with van der Waals surface area (Å²) in [6.45, 7) is 2.95. The van der Waals surface area contributed by atoms with E-state index in [-0.39, 0.29) is 0 Å². The highest BCUT2D eigenvalue weighted by Gasteiger charge is 2.21. The summed E-state index contributed by atoms with van der Waals surface area (Å²) >= 11 is 12.3. The highest BCUT2D eigenvalue weighted by atomic mass is 35.5. The summed E-state index contributed by atoms with van der Waals surface area (Å²) in [5.74, 6) is 0.319. The van der Waals surface area contributed by atoms with E-state index in [1.807, 2.05) is 12.1 Å². The molecule has 0 fully saturated rings. The maximum atomic E-state index is 6.31. The Bertz CT molecular complexity index is 474. The van der Waals surface area contributed by atoms with Crippen LogP contribution in [0.15, 0.2) is 28.3 Å². The largest absolute Gasteiger partial charge is 0.371 e. The highest BCUT2D eigenvalue weighted by molar-refractivity contribution is 6.35. The van der Waals surface area contributed by atoms with Crippen molar-refractivity contribution in [3.05, 3.63) is 33.8 Å². The van der Waals surface area contributed by atoms with Gasteiger partial charge in [-0.05, 0) is 24.1 Å². The minimum absolute atomic E-state index is 0.319. The van der Waals surface area contributed by atoms with Gasteiger partial charge in [-0.25, -0.2) is 0 Å². The Morgan fingerprint density at radius 3 is 2.84 bits per heavy atom. The Hall–Kier alpha value is -1.15. The van der Waals surface area contributed by atoms with Crippen molar-refractivity contribution in [3.8, 4) is 0 Å². The molecule has 0 saturated heterocycles. The number of hydrogen-bond donors (Lipinski definition) is 0. The van der Waals surface area contributed by atoms with Gasteiger partial charge in [-0.2, -0.15) is 0 Å². The molecule has 2 rings (SSSR count). The van der Waals surface area contributed by atoms with Gasteiger partial charge in [-0.15, -0.1) is 5.01 Å². The molecular formula is C14H16Cl2N3+. The van der Waals surface area contributed by atoms with Crippen LogP contribution in [0.2, 0.25) is 10.0 Å². The van der Waals surface area contributed by atoms with Crippen LogP contribution in [-0.2, 0) is 0 Å². The fourth-order valence-corrected chi connectivity index (χ4v) is 2.71. The molecule has 100 valence electrons. The van der Waals surface area contributed by atoms with Crippen LogP contribution >= 0.6 is 23.2 Å². The molecule has 0 spiro atoms. The van der Waals surface area contributed by atoms with Crippen LogP contribution in [0.5, 0.6) is 0 Å². The Kier molecular flexibility index (Phi) is 5.15. The van der Waals surface area contributed by atoms with Gasteiger partial charge in [0.1, 0.15) is 0 Å². The maximum absolute atomic E-state index is 6.31. The quantitative estimate of drug-likeness (QED) is 0.714. The van der Waals surface area contributed by atoms with Crippen LogP contribution in [0, 0.1) is 0 Å². The van der Waals surface area contributed by atoms with Crippen molar-refractivity contribution in [1.29, 1.82) is 0 Å². The average Bonchev–Trinajstić information content (AvgIpc) is 2.88. The predicted molar refractivity (Wildman–Crippen MR) is 81.4 cm³/mol. The molecule has 1 atom stereocenters. The van der Waals surface area contributed by atoms with Crippen LogP contribution in [0.4, 0.5) is 0 Å². The number of nitrogens with zero attached hydrogens (tertiary/aromatic N) is 3. The molecular weight excluding hydrogens is 281 g/mol. The molecule has 0 aliphatic carbocycles. The summed E-state index contributed by atoms with van der Waals surface area (Å²) in [6.07, 6.45) is 7.64. The number of hydrogen-bond acceptors (Lipinski definition) is 3. The zero-order valence-electron chi connectivity index (χ0n) is 10.8. The van der Waals surface area contributed by atoms with E-state index in [0.717, 1.165) is 36.4 Å². The van der Waals surface area contributed by atoms with E-state index < -0.39 is 0 Å². The highest BCUT2D eigenvalue weighted by Crippen LogP contribution is 2.31. The molecule has 0 aromatic heterocycles. The molecule has 3 nitrogen and oxygen atoms in total. The number of rotatable bonds is 6. The van der Waals surface area contributed by atoms with Gasteiger partial charge in [0.05, 0.1) is 6.54 Å². The van der Waals surface area contributed by atoms with Gasteiger partial charge in [0.25, 0.3) is 6.34 Å². The van der Waals surface area contributed by atoms with Crippen LogP contribution in [-0.4, -0.2) is 24.2 Å². The molecule has 0 saturated carbocycles. The summed E-state index contributed by atoms with van der Waals surface area (Å²) in [5.41, 5.74) is 1.12. The van der Waals surface area contributed by atoms with E-state index in [1.54, 1.807) is 17.4 Å². The number of benzene rings is 1. The molecule has 0 bridgehead atoms. The fraction of sp³-hybridized carbons (Fsp3) is 0.429. The van der Waals surface area contributed by atoms with E-state index in [1.165, 1.54) is 0 Å². The third-order valence-electron chi connectivity index (χ3n) is 3.14. The maximum Gasteiger partial charge on any atom is 0.371 e. The number of hydrazone groups is 1. The monoisotopic (exact) mass is 296 g/mol. The third-order valence-corrected chi connectivity index (χ3v) is 3.70. The van der Waals surface area contributed by atoms with Crippen molar-refractivity contribution < 1.29 is 0 Å². The van der Waals surface area contributed by atoms with E-state index in [9.17, 15) is 0 Å². The first-order valence-electron chi connectivity index (χ1n) is 6.41. The zero-order chi connectivity index (χ0) is 13.7. The summed E-state index contributed by atoms with van der Waals surface area (Å²) in [5, 5.41) is 7.23. The van der Waals surface area contributed by atoms with Crippen molar-refractivity contribution >= 4 is 35.9 Å². The number of unbranched alkanes of at least 4 members (excludes halogenated alkanes) is 1. The second-order valence-corrected chi connectivity index (χ2v) is 5.42. The molecule has 0 N–H and O–H groups in total. The predicted octanol–water partition coefficient (Wildman–Crippen LogP) is 4.43. The SMILES string of the molecule is CCCCC(CN1C=N[C+]=N1)c1ccc(Cl)cc1Cl. The molecule has 1 aromatic rings. The van der Waals surface area contributed by atoms with Gasteiger partial charge in [-0.1, -0.05) is 49.0 Å². The van der Waals surface area contributed by atoms with Crippen molar-refractivity contribution in [2.75, 3.05) is 6.54 Å². The standard InChI is InChI=1S/C14H16Cl2N3/c1-2-3-4-11(8-19-10-17-9-18-19)13-6-5-12(15)7-14(13)16/h5-7,10-11H,2-4,8H2,1H3/q+1. The van der Waals surface area contributed by atoms with Crippen molar-refractivity contribution in [2.24, 2.45) is 10.1 Å². The molecule has 5 heteroatoms. The molecule has 0 amide bonds. The number of aliphatic imine (C=N–C) groups is 1.